The van der Waals surface area contributed by atoms with Crippen LogP contribution in [0.25, 0.3) is 0 Å². The van der Waals surface area contributed by atoms with E-state index in [4.69, 9.17) is 5.40 Å². The molecule has 0 aromatic rings. The topological polar surface area (TPSA) is 54.7 Å². The lowest BCUT2D eigenvalue weighted by molar-refractivity contribution is -0.371. The van der Waals surface area contributed by atoms with Gasteiger partial charge < -0.3 is 10.0 Å². The van der Waals surface area contributed by atoms with Gasteiger partial charge in [-0.15, -0.1) is 0 Å². The van der Waals surface area contributed by atoms with E-state index >= 15 is 0 Å². The van der Waals surface area contributed by atoms with Gasteiger partial charge in [-0.2, -0.15) is 0 Å². The first-order valence-corrected chi connectivity index (χ1v) is 7.83. The number of nitrogens with two attached hydrogens (primary N) is 2. The van der Waals surface area contributed by atoms with Crippen molar-refractivity contribution in [3.8, 4) is 0 Å². The lowest BCUT2D eigenvalue weighted by Crippen LogP contribution is -3.03. The van der Waals surface area contributed by atoms with Crippen LogP contribution in [-0.4, -0.2) is 25.3 Å². The third kappa shape index (κ3) is 4.47. The molecule has 0 aliphatic rings. The molecule has 0 saturated heterocycles. The molecule has 2 unspecified atom stereocenters. The van der Waals surface area contributed by atoms with E-state index in [-0.39, 0.29) is 0 Å². The number of quaternary nitrogens is 1. The van der Waals surface area contributed by atoms with E-state index in [1.807, 2.05) is 7.05 Å². The summed E-state index contributed by atoms with van der Waals surface area (Å²) in [5.74, 6) is 0. The van der Waals surface area contributed by atoms with E-state index in [1.54, 1.807) is 0 Å². The molecule has 0 rings (SSSR count). The van der Waals surface area contributed by atoms with E-state index in [0.29, 0.717) is 0 Å². The Bertz CT molecular complexity index is 58.5. The second kappa shape index (κ2) is 4.22. The Kier molecular flexibility index (Phi) is 4.38. The standard InChI is InChI=1S/C3H16N3Si2/c1-5-8(3)6-7(2)4/h5,7-8H,4,6H2,1-3H3/q+1. The molecule has 0 amide bonds. The number of hydrogen-bond donors (Lipinski definition) is 3. The molecule has 0 aromatic heterocycles. The first kappa shape index (κ1) is 8.31. The maximum atomic E-state index is 5.65. The van der Waals surface area contributed by atoms with Crippen molar-refractivity contribution < 1.29 is 4.65 Å². The second-order valence-corrected chi connectivity index (χ2v) is 7.54. The number of rotatable bonds is 3. The van der Waals surface area contributed by atoms with Crippen LogP contribution in [0.2, 0.25) is 13.1 Å². The van der Waals surface area contributed by atoms with E-state index in [2.05, 4.69) is 22.7 Å². The van der Waals surface area contributed by atoms with Crippen LogP contribution in [-0.2, 0) is 0 Å². The molecule has 0 aliphatic heterocycles. The predicted octanol–water partition coefficient (Wildman–Crippen LogP) is -2.57. The summed E-state index contributed by atoms with van der Waals surface area (Å²) in [5, 5.41) is 5.65. The molecule has 0 spiro atoms. The molecule has 0 aromatic carbocycles. The molecule has 8 heavy (non-hydrogen) atoms. The van der Waals surface area contributed by atoms with Gasteiger partial charge in [0, 0.05) is 0 Å². The summed E-state index contributed by atoms with van der Waals surface area (Å²) in [4.78, 5) is 3.23. The Hall–Kier alpha value is 0.314. The van der Waals surface area contributed by atoms with Crippen molar-refractivity contribution >= 4 is 18.2 Å². The zero-order valence-corrected chi connectivity index (χ0v) is 8.12. The summed E-state index contributed by atoms with van der Waals surface area (Å²) in [6, 6.07) is 0. The molecule has 3 nitrogen and oxygen atoms in total. The van der Waals surface area contributed by atoms with Gasteiger partial charge in [-0.25, -0.2) is 0 Å². The van der Waals surface area contributed by atoms with Crippen LogP contribution in [0.5, 0.6) is 0 Å². The number of nitrogens with one attached hydrogen (secondary N) is 1. The largest absolute Gasteiger partial charge is 0.447 e. The van der Waals surface area contributed by atoms with Gasteiger partial charge in [0.05, 0.1) is 0 Å². The fourth-order valence-electron chi connectivity index (χ4n) is 0.552. The molecular weight excluding hydrogens is 134 g/mol. The molecular formula is C3H16N3Si2+. The van der Waals surface area contributed by atoms with E-state index in [1.165, 1.54) is 0 Å². The Morgan fingerprint density at radius 3 is 2.12 bits per heavy atom. The van der Waals surface area contributed by atoms with Crippen LogP contribution in [0.15, 0.2) is 0 Å². The molecule has 5 N–H and O–H groups in total. The molecule has 0 aliphatic carbocycles. The molecule has 0 heterocycles. The maximum Gasteiger partial charge on any atom is 0.328 e. The van der Waals surface area contributed by atoms with Gasteiger partial charge in [0.2, 0.25) is 0 Å². The van der Waals surface area contributed by atoms with Crippen LogP contribution in [0.3, 0.4) is 0 Å². The lowest BCUT2D eigenvalue weighted by Gasteiger charge is -2.07. The van der Waals surface area contributed by atoms with E-state index < -0.39 is 18.2 Å². The summed E-state index contributed by atoms with van der Waals surface area (Å²) >= 11 is 0. The van der Waals surface area contributed by atoms with Crippen molar-refractivity contribution in [3.63, 3.8) is 0 Å². The van der Waals surface area contributed by atoms with Crippen molar-refractivity contribution in [2.75, 3.05) is 7.05 Å². The smallest absolute Gasteiger partial charge is 0.328 e. The highest BCUT2D eigenvalue weighted by Crippen LogP contribution is 1.51. The van der Waals surface area contributed by atoms with Crippen molar-refractivity contribution in [1.29, 1.82) is 0 Å². The summed E-state index contributed by atoms with van der Waals surface area (Å²) in [5.41, 5.74) is 0. The average molecular weight is 150 g/mol. The van der Waals surface area contributed by atoms with Gasteiger partial charge in [-0.1, -0.05) is 0 Å². The summed E-state index contributed by atoms with van der Waals surface area (Å²) in [7, 11) is 0.455. The fourth-order valence-corrected chi connectivity index (χ4v) is 4.96. The SMILES string of the molecule is CN[SiH](C)[NH2+][SiH](C)N. The average Bonchev–Trinajstić information content (AvgIpc) is 1.65. The minimum Gasteiger partial charge on any atom is -0.447 e. The fraction of sp³-hybridized carbons (Fsp3) is 1.00. The zero-order chi connectivity index (χ0) is 6.57. The number of hydrogen-bond acceptors (Lipinski definition) is 2. The Balaban J connectivity index is 3.10. The second-order valence-electron chi connectivity index (χ2n) is 2.13. The first-order chi connectivity index (χ1) is 3.66. The van der Waals surface area contributed by atoms with Gasteiger partial charge in [0.15, 0.2) is 0 Å². The molecule has 0 fully saturated rings. The third-order valence-electron chi connectivity index (χ3n) is 1.05. The minimum atomic E-state index is -0.872. The molecule has 50 valence electrons. The van der Waals surface area contributed by atoms with Crippen molar-refractivity contribution in [1.82, 2.24) is 4.98 Å². The molecule has 5 heteroatoms. The minimum absolute atomic E-state index is 0.677. The van der Waals surface area contributed by atoms with Gasteiger partial charge in [0.1, 0.15) is 0 Å². The van der Waals surface area contributed by atoms with Crippen LogP contribution in [0, 0.1) is 0 Å². The monoisotopic (exact) mass is 150 g/mol. The van der Waals surface area contributed by atoms with Crippen molar-refractivity contribution in [2.45, 2.75) is 13.1 Å². The predicted molar refractivity (Wildman–Crippen MR) is 41.2 cm³/mol. The lowest BCUT2D eigenvalue weighted by atomic mass is 11.6. The molecule has 0 radical (unpaired) electrons. The van der Waals surface area contributed by atoms with Crippen LogP contribution >= 0.6 is 0 Å². The van der Waals surface area contributed by atoms with Crippen molar-refractivity contribution in [2.24, 2.45) is 5.40 Å². The maximum absolute atomic E-state index is 5.65. The van der Waals surface area contributed by atoms with Gasteiger partial charge in [-0.3, -0.25) is 4.98 Å². The highest BCUT2D eigenvalue weighted by Gasteiger charge is 2.08. The molecule has 0 bridgehead atoms. The quantitative estimate of drug-likeness (QED) is 0.387. The molecule has 0 saturated carbocycles. The summed E-state index contributed by atoms with van der Waals surface area (Å²) in [6.07, 6.45) is 0. The zero-order valence-electron chi connectivity index (χ0n) is 5.81. The van der Waals surface area contributed by atoms with Crippen LogP contribution < -0.4 is 15.0 Å². The van der Waals surface area contributed by atoms with E-state index in [0.717, 1.165) is 0 Å². The van der Waals surface area contributed by atoms with Crippen LogP contribution in [0.4, 0.5) is 0 Å². The van der Waals surface area contributed by atoms with Gasteiger partial charge >= 0.3 is 18.2 Å². The normalized spacial score (nSPS) is 18.0. The Morgan fingerprint density at radius 2 is 2.00 bits per heavy atom. The highest BCUT2D eigenvalue weighted by atomic mass is 28.4. The Morgan fingerprint density at radius 1 is 1.50 bits per heavy atom. The molecule has 2 atom stereocenters. The first-order valence-electron chi connectivity index (χ1n) is 2.94. The van der Waals surface area contributed by atoms with E-state index in [9.17, 15) is 0 Å². The van der Waals surface area contributed by atoms with Crippen LogP contribution in [0.1, 0.15) is 0 Å². The van der Waals surface area contributed by atoms with Gasteiger partial charge in [0.25, 0.3) is 0 Å². The van der Waals surface area contributed by atoms with Gasteiger partial charge in [-0.05, 0) is 20.1 Å². The van der Waals surface area contributed by atoms with Crippen molar-refractivity contribution in [3.05, 3.63) is 0 Å². The Labute approximate surface area is 54.2 Å². The third-order valence-corrected chi connectivity index (χ3v) is 6.70. The highest BCUT2D eigenvalue weighted by molar-refractivity contribution is 6.56. The summed E-state index contributed by atoms with van der Waals surface area (Å²) in [6.45, 7) is 4.39. The summed E-state index contributed by atoms with van der Waals surface area (Å²) < 4.78 is 2.33.